The van der Waals surface area contributed by atoms with Crippen molar-refractivity contribution in [1.82, 2.24) is 0 Å². The van der Waals surface area contributed by atoms with E-state index in [0.29, 0.717) is 6.61 Å². The standard InChI is InChI=1S/C14H26O5/c1-3-5-6-7-8-9-10-19-14(17)12(15)11-13(16)18-4-2/h12,15H,3-11H2,1-2H3. The lowest BCUT2D eigenvalue weighted by Gasteiger charge is -2.10. The number of rotatable bonds is 11. The van der Waals surface area contributed by atoms with Gasteiger partial charge in [0.1, 0.15) is 0 Å². The topological polar surface area (TPSA) is 72.8 Å². The lowest BCUT2D eigenvalue weighted by Crippen LogP contribution is -2.27. The molecular weight excluding hydrogens is 248 g/mol. The molecule has 0 aliphatic heterocycles. The molecular formula is C14H26O5. The number of hydrogen-bond donors (Lipinski definition) is 1. The molecule has 0 saturated heterocycles. The molecule has 0 rings (SSSR count). The number of esters is 2. The summed E-state index contributed by atoms with van der Waals surface area (Å²) >= 11 is 0. The molecule has 0 aromatic carbocycles. The molecule has 1 unspecified atom stereocenters. The van der Waals surface area contributed by atoms with Crippen molar-refractivity contribution in [3.8, 4) is 0 Å². The fourth-order valence-corrected chi connectivity index (χ4v) is 1.61. The SMILES string of the molecule is CCCCCCCCOC(=O)C(O)CC(=O)OCC. The van der Waals surface area contributed by atoms with Gasteiger partial charge in [0.15, 0.2) is 6.10 Å². The molecule has 112 valence electrons. The van der Waals surface area contributed by atoms with E-state index in [2.05, 4.69) is 11.7 Å². The third-order valence-corrected chi connectivity index (χ3v) is 2.68. The number of carbonyl (C=O) groups is 2. The molecule has 19 heavy (non-hydrogen) atoms. The smallest absolute Gasteiger partial charge is 0.335 e. The Kier molecular flexibility index (Phi) is 11.3. The van der Waals surface area contributed by atoms with Crippen LogP contribution in [0.1, 0.15) is 58.8 Å². The molecule has 0 bridgehead atoms. The first kappa shape index (κ1) is 17.9. The molecule has 0 aromatic heterocycles. The highest BCUT2D eigenvalue weighted by Gasteiger charge is 2.20. The van der Waals surface area contributed by atoms with E-state index in [9.17, 15) is 14.7 Å². The average Bonchev–Trinajstić information content (AvgIpc) is 2.37. The highest BCUT2D eigenvalue weighted by molar-refractivity contribution is 5.81. The number of ether oxygens (including phenoxy) is 2. The Balaban J connectivity index is 3.54. The molecule has 5 heteroatoms. The highest BCUT2D eigenvalue weighted by atomic mass is 16.6. The maximum absolute atomic E-state index is 11.3. The van der Waals surface area contributed by atoms with Crippen LogP contribution in [0, 0.1) is 0 Å². The van der Waals surface area contributed by atoms with E-state index in [1.807, 2.05) is 0 Å². The summed E-state index contributed by atoms with van der Waals surface area (Å²) < 4.78 is 9.53. The molecule has 0 spiro atoms. The molecule has 0 saturated carbocycles. The van der Waals surface area contributed by atoms with Gasteiger partial charge in [0.05, 0.1) is 19.6 Å². The molecule has 0 heterocycles. The number of carbonyl (C=O) groups excluding carboxylic acids is 2. The van der Waals surface area contributed by atoms with Crippen LogP contribution in [-0.2, 0) is 19.1 Å². The highest BCUT2D eigenvalue weighted by Crippen LogP contribution is 2.05. The summed E-state index contributed by atoms with van der Waals surface area (Å²) in [4.78, 5) is 22.4. The Labute approximate surface area is 115 Å². The second-order valence-corrected chi connectivity index (χ2v) is 4.46. The minimum Gasteiger partial charge on any atom is -0.466 e. The van der Waals surface area contributed by atoms with Crippen LogP contribution in [0.5, 0.6) is 0 Å². The largest absolute Gasteiger partial charge is 0.466 e. The van der Waals surface area contributed by atoms with Gasteiger partial charge in [-0.2, -0.15) is 0 Å². The summed E-state index contributed by atoms with van der Waals surface area (Å²) in [6, 6.07) is 0. The van der Waals surface area contributed by atoms with Gasteiger partial charge in [-0.25, -0.2) is 4.79 Å². The molecule has 0 fully saturated rings. The fourth-order valence-electron chi connectivity index (χ4n) is 1.61. The van der Waals surface area contributed by atoms with Gasteiger partial charge in [0.2, 0.25) is 0 Å². The third kappa shape index (κ3) is 10.5. The fraction of sp³-hybridized carbons (Fsp3) is 0.857. The minimum absolute atomic E-state index is 0.234. The Hall–Kier alpha value is -1.10. The predicted molar refractivity (Wildman–Crippen MR) is 71.6 cm³/mol. The maximum atomic E-state index is 11.3. The molecule has 1 atom stereocenters. The second-order valence-electron chi connectivity index (χ2n) is 4.46. The Morgan fingerprint density at radius 3 is 2.26 bits per heavy atom. The second kappa shape index (κ2) is 12.0. The van der Waals surface area contributed by atoms with Crippen molar-refractivity contribution in [3.05, 3.63) is 0 Å². The normalized spacial score (nSPS) is 11.9. The van der Waals surface area contributed by atoms with Crippen LogP contribution in [0.3, 0.4) is 0 Å². The van der Waals surface area contributed by atoms with Crippen LogP contribution in [-0.4, -0.2) is 36.4 Å². The number of aliphatic hydroxyl groups is 1. The number of unbranched alkanes of at least 4 members (excludes halogenated alkanes) is 5. The van der Waals surface area contributed by atoms with E-state index in [-0.39, 0.29) is 13.0 Å². The van der Waals surface area contributed by atoms with E-state index in [1.165, 1.54) is 19.3 Å². The quantitative estimate of drug-likeness (QED) is 0.462. The summed E-state index contributed by atoms with van der Waals surface area (Å²) in [7, 11) is 0. The first-order chi connectivity index (χ1) is 9.11. The van der Waals surface area contributed by atoms with Crippen LogP contribution < -0.4 is 0 Å². The van der Waals surface area contributed by atoms with E-state index < -0.39 is 18.0 Å². The molecule has 0 amide bonds. The predicted octanol–water partition coefficient (Wildman–Crippen LogP) is 2.20. The maximum Gasteiger partial charge on any atom is 0.335 e. The molecule has 1 N–H and O–H groups in total. The molecule has 5 nitrogen and oxygen atoms in total. The van der Waals surface area contributed by atoms with Gasteiger partial charge in [0.25, 0.3) is 0 Å². The Morgan fingerprint density at radius 1 is 1.00 bits per heavy atom. The van der Waals surface area contributed by atoms with Crippen molar-refractivity contribution in [1.29, 1.82) is 0 Å². The zero-order chi connectivity index (χ0) is 14.5. The van der Waals surface area contributed by atoms with E-state index >= 15 is 0 Å². The number of hydrogen-bond acceptors (Lipinski definition) is 5. The summed E-state index contributed by atoms with van der Waals surface area (Å²) in [5.41, 5.74) is 0. The van der Waals surface area contributed by atoms with Gasteiger partial charge >= 0.3 is 11.9 Å². The van der Waals surface area contributed by atoms with Crippen molar-refractivity contribution >= 4 is 11.9 Å². The number of aliphatic hydroxyl groups excluding tert-OH is 1. The van der Waals surface area contributed by atoms with Gasteiger partial charge in [0, 0.05) is 0 Å². The lowest BCUT2D eigenvalue weighted by atomic mass is 10.1. The molecule has 0 aliphatic carbocycles. The summed E-state index contributed by atoms with van der Waals surface area (Å²) in [5, 5.41) is 9.41. The first-order valence-corrected chi connectivity index (χ1v) is 7.12. The van der Waals surface area contributed by atoms with E-state index in [1.54, 1.807) is 6.92 Å². The van der Waals surface area contributed by atoms with Gasteiger partial charge in [-0.05, 0) is 13.3 Å². The lowest BCUT2D eigenvalue weighted by molar-refractivity contribution is -0.160. The van der Waals surface area contributed by atoms with E-state index in [4.69, 9.17) is 4.74 Å². The zero-order valence-corrected chi connectivity index (χ0v) is 12.0. The van der Waals surface area contributed by atoms with E-state index in [0.717, 1.165) is 19.3 Å². The van der Waals surface area contributed by atoms with Crippen molar-refractivity contribution < 1.29 is 24.2 Å². The van der Waals surface area contributed by atoms with Crippen molar-refractivity contribution in [2.45, 2.75) is 64.9 Å². The zero-order valence-electron chi connectivity index (χ0n) is 12.0. The summed E-state index contributed by atoms with van der Waals surface area (Å²) in [5.74, 6) is -1.34. The van der Waals surface area contributed by atoms with Crippen LogP contribution in [0.25, 0.3) is 0 Å². The van der Waals surface area contributed by atoms with Crippen LogP contribution in [0.2, 0.25) is 0 Å². The first-order valence-electron chi connectivity index (χ1n) is 7.12. The minimum atomic E-state index is -1.42. The Morgan fingerprint density at radius 2 is 1.63 bits per heavy atom. The van der Waals surface area contributed by atoms with Gasteiger partial charge in [-0.15, -0.1) is 0 Å². The van der Waals surface area contributed by atoms with Crippen LogP contribution >= 0.6 is 0 Å². The average molecular weight is 274 g/mol. The summed E-state index contributed by atoms with van der Waals surface area (Å²) in [6.45, 7) is 4.36. The molecule has 0 radical (unpaired) electrons. The van der Waals surface area contributed by atoms with Gasteiger partial charge in [-0.1, -0.05) is 39.0 Å². The summed E-state index contributed by atoms with van der Waals surface area (Å²) in [6.07, 6.45) is 4.82. The van der Waals surface area contributed by atoms with Crippen LogP contribution in [0.15, 0.2) is 0 Å². The van der Waals surface area contributed by atoms with Gasteiger partial charge < -0.3 is 14.6 Å². The monoisotopic (exact) mass is 274 g/mol. The Bertz CT molecular complexity index is 252. The molecule has 0 aliphatic rings. The van der Waals surface area contributed by atoms with Crippen molar-refractivity contribution in [2.75, 3.05) is 13.2 Å². The van der Waals surface area contributed by atoms with Crippen molar-refractivity contribution in [3.63, 3.8) is 0 Å². The molecule has 0 aromatic rings. The van der Waals surface area contributed by atoms with Crippen LogP contribution in [0.4, 0.5) is 0 Å². The van der Waals surface area contributed by atoms with Crippen molar-refractivity contribution in [2.24, 2.45) is 0 Å². The third-order valence-electron chi connectivity index (χ3n) is 2.68. The van der Waals surface area contributed by atoms with Gasteiger partial charge in [-0.3, -0.25) is 4.79 Å².